The lowest BCUT2D eigenvalue weighted by atomic mass is 10.2. The van der Waals surface area contributed by atoms with Crippen LogP contribution in [0.1, 0.15) is 20.3 Å². The van der Waals surface area contributed by atoms with Crippen molar-refractivity contribution >= 4 is 11.4 Å². The zero-order valence-corrected chi connectivity index (χ0v) is 10.8. The van der Waals surface area contributed by atoms with Gasteiger partial charge >= 0.3 is 0 Å². The molecule has 0 bridgehead atoms. The van der Waals surface area contributed by atoms with E-state index in [1.807, 2.05) is 13.2 Å². The van der Waals surface area contributed by atoms with Crippen molar-refractivity contribution in [1.82, 2.24) is 4.98 Å². The van der Waals surface area contributed by atoms with Gasteiger partial charge in [0.25, 0.3) is 0 Å². The maximum atomic E-state index is 8.69. The van der Waals surface area contributed by atoms with Gasteiger partial charge in [-0.2, -0.15) is 5.26 Å². The fourth-order valence-corrected chi connectivity index (χ4v) is 1.69. The van der Waals surface area contributed by atoms with Crippen molar-refractivity contribution in [1.29, 1.82) is 5.26 Å². The maximum Gasteiger partial charge on any atom is 0.0640 e. The molecule has 0 amide bonds. The van der Waals surface area contributed by atoms with Gasteiger partial charge in [0.1, 0.15) is 0 Å². The lowest BCUT2D eigenvalue weighted by Gasteiger charge is -2.25. The highest BCUT2D eigenvalue weighted by atomic mass is 15.1. The van der Waals surface area contributed by atoms with Crippen molar-refractivity contribution in [2.24, 2.45) is 5.92 Å². The minimum atomic E-state index is 0.538. The van der Waals surface area contributed by atoms with Crippen LogP contribution in [0.4, 0.5) is 11.4 Å². The SMILES string of the molecule is CNc1cncc(N(CCC#N)CC(C)C)c1. The zero-order chi connectivity index (χ0) is 12.7. The largest absolute Gasteiger partial charge is 0.387 e. The lowest BCUT2D eigenvalue weighted by Crippen LogP contribution is -2.28. The van der Waals surface area contributed by atoms with Gasteiger partial charge in [-0.15, -0.1) is 0 Å². The number of pyridine rings is 1. The predicted octanol–water partition coefficient (Wildman–Crippen LogP) is 2.50. The van der Waals surface area contributed by atoms with E-state index in [1.54, 1.807) is 6.20 Å². The minimum absolute atomic E-state index is 0.538. The molecule has 1 aromatic heterocycles. The third kappa shape index (κ3) is 4.31. The summed E-state index contributed by atoms with van der Waals surface area (Å²) in [5.41, 5.74) is 2.06. The second-order valence-corrected chi connectivity index (χ2v) is 4.43. The third-order valence-corrected chi connectivity index (χ3v) is 2.46. The molecule has 0 fully saturated rings. The van der Waals surface area contributed by atoms with Crippen molar-refractivity contribution in [3.05, 3.63) is 18.5 Å². The molecular weight excluding hydrogens is 212 g/mol. The van der Waals surface area contributed by atoms with Gasteiger partial charge in [0, 0.05) is 20.1 Å². The van der Waals surface area contributed by atoms with Crippen molar-refractivity contribution in [3.63, 3.8) is 0 Å². The van der Waals surface area contributed by atoms with E-state index in [-0.39, 0.29) is 0 Å². The summed E-state index contributed by atoms with van der Waals surface area (Å²) in [7, 11) is 1.88. The van der Waals surface area contributed by atoms with E-state index >= 15 is 0 Å². The van der Waals surface area contributed by atoms with E-state index in [1.165, 1.54) is 0 Å². The Morgan fingerprint density at radius 1 is 1.47 bits per heavy atom. The van der Waals surface area contributed by atoms with Gasteiger partial charge in [0.15, 0.2) is 0 Å². The standard InChI is InChI=1S/C13H20N4/c1-11(2)10-17(6-4-5-14)13-7-12(15-3)8-16-9-13/h7-9,11,15H,4,6,10H2,1-3H3. The molecule has 0 aliphatic carbocycles. The van der Waals surface area contributed by atoms with Crippen LogP contribution < -0.4 is 10.2 Å². The smallest absolute Gasteiger partial charge is 0.0640 e. The zero-order valence-electron chi connectivity index (χ0n) is 10.8. The summed E-state index contributed by atoms with van der Waals surface area (Å²) in [6.45, 7) is 6.05. The Balaban J connectivity index is 2.83. The Hall–Kier alpha value is -1.76. The molecule has 4 heteroatoms. The summed E-state index contributed by atoms with van der Waals surface area (Å²) in [5.74, 6) is 0.562. The van der Waals surface area contributed by atoms with Crippen LogP contribution in [0.3, 0.4) is 0 Å². The quantitative estimate of drug-likeness (QED) is 0.818. The predicted molar refractivity (Wildman–Crippen MR) is 71.1 cm³/mol. The van der Waals surface area contributed by atoms with Gasteiger partial charge < -0.3 is 10.2 Å². The number of rotatable bonds is 6. The second-order valence-electron chi connectivity index (χ2n) is 4.43. The van der Waals surface area contributed by atoms with Gasteiger partial charge in [0.2, 0.25) is 0 Å². The number of anilines is 2. The van der Waals surface area contributed by atoms with Crippen LogP contribution >= 0.6 is 0 Å². The number of nitriles is 1. The van der Waals surface area contributed by atoms with E-state index in [0.717, 1.165) is 24.5 Å². The molecule has 0 aliphatic heterocycles. The molecule has 17 heavy (non-hydrogen) atoms. The Labute approximate surface area is 103 Å². The highest BCUT2D eigenvalue weighted by Gasteiger charge is 2.09. The van der Waals surface area contributed by atoms with Gasteiger partial charge in [-0.3, -0.25) is 4.98 Å². The maximum absolute atomic E-state index is 8.69. The Morgan fingerprint density at radius 2 is 2.24 bits per heavy atom. The van der Waals surface area contributed by atoms with Crippen molar-refractivity contribution in [2.45, 2.75) is 20.3 Å². The monoisotopic (exact) mass is 232 g/mol. The number of hydrogen-bond donors (Lipinski definition) is 1. The van der Waals surface area contributed by atoms with Crippen LogP contribution in [0.5, 0.6) is 0 Å². The van der Waals surface area contributed by atoms with Gasteiger partial charge in [-0.25, -0.2) is 0 Å². The van der Waals surface area contributed by atoms with Crippen molar-refractivity contribution in [3.8, 4) is 6.07 Å². The third-order valence-electron chi connectivity index (χ3n) is 2.46. The Bertz CT molecular complexity index is 381. The van der Waals surface area contributed by atoms with Crippen LogP contribution in [0.25, 0.3) is 0 Å². The summed E-state index contributed by atoms with van der Waals surface area (Å²) in [5, 5.41) is 11.8. The molecule has 0 saturated heterocycles. The Kier molecular flexibility index (Phi) is 5.28. The molecule has 92 valence electrons. The molecule has 1 heterocycles. The second kappa shape index (κ2) is 6.74. The van der Waals surface area contributed by atoms with Crippen LogP contribution in [0.2, 0.25) is 0 Å². The van der Waals surface area contributed by atoms with Gasteiger partial charge in [0.05, 0.1) is 36.3 Å². The van der Waals surface area contributed by atoms with Crippen molar-refractivity contribution in [2.75, 3.05) is 30.4 Å². The molecule has 0 unspecified atom stereocenters. The minimum Gasteiger partial charge on any atom is -0.387 e. The van der Waals surface area contributed by atoms with Crippen LogP contribution in [-0.4, -0.2) is 25.1 Å². The van der Waals surface area contributed by atoms with Gasteiger partial charge in [-0.05, 0) is 12.0 Å². The first-order valence-electron chi connectivity index (χ1n) is 5.92. The normalized spacial score (nSPS) is 10.1. The van der Waals surface area contributed by atoms with Crippen LogP contribution in [-0.2, 0) is 0 Å². The van der Waals surface area contributed by atoms with Crippen LogP contribution in [0, 0.1) is 17.2 Å². The van der Waals surface area contributed by atoms with E-state index in [4.69, 9.17) is 5.26 Å². The first-order valence-corrected chi connectivity index (χ1v) is 5.92. The molecule has 0 radical (unpaired) electrons. The molecular formula is C13H20N4. The molecule has 0 aromatic carbocycles. The molecule has 1 rings (SSSR count). The van der Waals surface area contributed by atoms with Crippen LogP contribution in [0.15, 0.2) is 18.5 Å². The number of nitrogens with zero attached hydrogens (tertiary/aromatic N) is 3. The molecule has 1 N–H and O–H groups in total. The topological polar surface area (TPSA) is 52.0 Å². The van der Waals surface area contributed by atoms with Gasteiger partial charge in [-0.1, -0.05) is 13.8 Å². The van der Waals surface area contributed by atoms with Crippen molar-refractivity contribution < 1.29 is 0 Å². The first kappa shape index (κ1) is 13.3. The average Bonchev–Trinajstić information content (AvgIpc) is 2.34. The molecule has 0 saturated carbocycles. The highest BCUT2D eigenvalue weighted by molar-refractivity contribution is 5.55. The summed E-state index contributed by atoms with van der Waals surface area (Å²) < 4.78 is 0. The highest BCUT2D eigenvalue weighted by Crippen LogP contribution is 2.18. The fraction of sp³-hybridized carbons (Fsp3) is 0.538. The number of aromatic nitrogens is 1. The summed E-state index contributed by atoms with van der Waals surface area (Å²) in [6, 6.07) is 4.25. The first-order chi connectivity index (χ1) is 8.17. The van der Waals surface area contributed by atoms with E-state index in [0.29, 0.717) is 12.3 Å². The lowest BCUT2D eigenvalue weighted by molar-refractivity contribution is 0.611. The number of hydrogen-bond acceptors (Lipinski definition) is 4. The summed E-state index contributed by atoms with van der Waals surface area (Å²) >= 11 is 0. The van der Waals surface area contributed by atoms with E-state index in [9.17, 15) is 0 Å². The number of nitrogens with one attached hydrogen (secondary N) is 1. The molecule has 4 nitrogen and oxygen atoms in total. The summed E-state index contributed by atoms with van der Waals surface area (Å²) in [4.78, 5) is 6.41. The van der Waals surface area contributed by atoms with E-state index < -0.39 is 0 Å². The molecule has 1 aromatic rings. The Morgan fingerprint density at radius 3 is 2.82 bits per heavy atom. The van der Waals surface area contributed by atoms with E-state index in [2.05, 4.69) is 41.2 Å². The molecule has 0 atom stereocenters. The fourth-order valence-electron chi connectivity index (χ4n) is 1.69. The molecule has 0 aliphatic rings. The summed E-state index contributed by atoms with van der Waals surface area (Å²) in [6.07, 6.45) is 4.18. The molecule has 0 spiro atoms. The average molecular weight is 232 g/mol.